The maximum atomic E-state index is 12.4. The smallest absolute Gasteiger partial charge is 0.325 e. The van der Waals surface area contributed by atoms with Crippen molar-refractivity contribution in [1.82, 2.24) is 19.7 Å². The molecule has 1 amide bonds. The summed E-state index contributed by atoms with van der Waals surface area (Å²) in [6.07, 6.45) is -1.38. The zero-order valence-electron chi connectivity index (χ0n) is 12.4. The largest absolute Gasteiger partial charge is 0.416 e. The maximum absolute atomic E-state index is 12.4. The Kier molecular flexibility index (Phi) is 5.32. The first kappa shape index (κ1) is 16.9. The number of amides is 1. The molecule has 6 nitrogen and oxygen atoms in total. The molecular formula is C14H16F3N5O. The molecule has 0 fully saturated rings. The third-order valence-electron chi connectivity index (χ3n) is 3.09. The molecule has 0 unspecified atom stereocenters. The molecular weight excluding hydrogens is 311 g/mol. The van der Waals surface area contributed by atoms with E-state index in [0.717, 1.165) is 12.1 Å². The lowest BCUT2D eigenvalue weighted by atomic mass is 10.2. The second-order valence-electron chi connectivity index (χ2n) is 5.02. The topological polar surface area (TPSA) is 63.1 Å². The van der Waals surface area contributed by atoms with E-state index >= 15 is 0 Å². The summed E-state index contributed by atoms with van der Waals surface area (Å²) < 4.78 is 39.0. The van der Waals surface area contributed by atoms with Crippen molar-refractivity contribution in [3.05, 3.63) is 42.5 Å². The standard InChI is InChI=1S/C14H16F3N5O/c1-21(6-7-22-10-18-9-19-22)8-13(23)20-12-4-2-11(3-5-12)14(15,16)17/h2-5,9-10H,6-8H2,1H3,(H,20,23). The van der Waals surface area contributed by atoms with Crippen molar-refractivity contribution >= 4 is 11.6 Å². The van der Waals surface area contributed by atoms with Gasteiger partial charge in [0.15, 0.2) is 0 Å². The SMILES string of the molecule is CN(CCn1cncn1)CC(=O)Nc1ccc(C(F)(F)F)cc1. The van der Waals surface area contributed by atoms with Crippen LogP contribution in [0.1, 0.15) is 5.56 Å². The summed E-state index contributed by atoms with van der Waals surface area (Å²) in [5.41, 5.74) is -0.423. The van der Waals surface area contributed by atoms with E-state index in [0.29, 0.717) is 18.8 Å². The van der Waals surface area contributed by atoms with Crippen LogP contribution in [0.5, 0.6) is 0 Å². The Hall–Kier alpha value is -2.42. The lowest BCUT2D eigenvalue weighted by molar-refractivity contribution is -0.137. The van der Waals surface area contributed by atoms with E-state index < -0.39 is 11.7 Å². The molecule has 0 aliphatic heterocycles. The fourth-order valence-electron chi connectivity index (χ4n) is 1.89. The van der Waals surface area contributed by atoms with Crippen molar-refractivity contribution in [2.75, 3.05) is 25.5 Å². The lowest BCUT2D eigenvalue weighted by Gasteiger charge is -2.16. The molecule has 0 spiro atoms. The number of likely N-dealkylation sites (N-methyl/N-ethyl adjacent to an activating group) is 1. The third-order valence-corrected chi connectivity index (χ3v) is 3.09. The minimum Gasteiger partial charge on any atom is -0.325 e. The van der Waals surface area contributed by atoms with Gasteiger partial charge in [-0.25, -0.2) is 4.98 Å². The number of carbonyl (C=O) groups is 1. The Morgan fingerprint density at radius 3 is 2.57 bits per heavy atom. The van der Waals surface area contributed by atoms with Gasteiger partial charge in [-0.15, -0.1) is 0 Å². The van der Waals surface area contributed by atoms with Gasteiger partial charge in [-0.1, -0.05) is 0 Å². The molecule has 2 rings (SSSR count). The Bertz CT molecular complexity index is 625. The van der Waals surface area contributed by atoms with Crippen molar-refractivity contribution in [3.8, 4) is 0 Å². The van der Waals surface area contributed by atoms with E-state index in [-0.39, 0.29) is 12.5 Å². The maximum Gasteiger partial charge on any atom is 0.416 e. The van der Waals surface area contributed by atoms with Crippen molar-refractivity contribution in [2.24, 2.45) is 0 Å². The van der Waals surface area contributed by atoms with Gasteiger partial charge in [0.2, 0.25) is 5.91 Å². The number of hydrogen-bond acceptors (Lipinski definition) is 4. The van der Waals surface area contributed by atoms with Crippen LogP contribution in [-0.4, -0.2) is 45.7 Å². The molecule has 0 bridgehead atoms. The number of alkyl halides is 3. The number of nitrogens with zero attached hydrogens (tertiary/aromatic N) is 4. The number of anilines is 1. The van der Waals surface area contributed by atoms with Crippen LogP contribution in [0.25, 0.3) is 0 Å². The first-order chi connectivity index (χ1) is 10.8. The Labute approximate surface area is 130 Å². The fraction of sp³-hybridized carbons (Fsp3) is 0.357. The summed E-state index contributed by atoms with van der Waals surface area (Å²) in [6, 6.07) is 4.33. The van der Waals surface area contributed by atoms with Crippen molar-refractivity contribution in [3.63, 3.8) is 0 Å². The summed E-state index contributed by atoms with van der Waals surface area (Å²) >= 11 is 0. The molecule has 23 heavy (non-hydrogen) atoms. The average Bonchev–Trinajstić information content (AvgIpc) is 2.98. The van der Waals surface area contributed by atoms with Crippen molar-refractivity contribution in [1.29, 1.82) is 0 Å². The van der Waals surface area contributed by atoms with Crippen LogP contribution in [0, 0.1) is 0 Å². The number of carbonyl (C=O) groups excluding carboxylic acids is 1. The predicted molar refractivity (Wildman–Crippen MR) is 77.6 cm³/mol. The van der Waals surface area contributed by atoms with E-state index in [2.05, 4.69) is 15.4 Å². The van der Waals surface area contributed by atoms with Crippen molar-refractivity contribution in [2.45, 2.75) is 12.7 Å². The van der Waals surface area contributed by atoms with Crippen LogP contribution in [0.15, 0.2) is 36.9 Å². The molecule has 0 aliphatic carbocycles. The molecule has 0 radical (unpaired) electrons. The Morgan fingerprint density at radius 1 is 1.30 bits per heavy atom. The molecule has 1 N–H and O–H groups in total. The molecule has 1 aromatic carbocycles. The first-order valence-electron chi connectivity index (χ1n) is 6.82. The molecule has 0 atom stereocenters. The first-order valence-corrected chi connectivity index (χ1v) is 6.82. The molecule has 0 saturated heterocycles. The number of hydrogen-bond donors (Lipinski definition) is 1. The monoisotopic (exact) mass is 327 g/mol. The highest BCUT2D eigenvalue weighted by Gasteiger charge is 2.29. The van der Waals surface area contributed by atoms with Crippen LogP contribution >= 0.6 is 0 Å². The summed E-state index contributed by atoms with van der Waals surface area (Å²) in [7, 11) is 1.77. The molecule has 1 heterocycles. The van der Waals surface area contributed by atoms with Crippen LogP contribution in [0.2, 0.25) is 0 Å². The molecule has 0 saturated carbocycles. The number of rotatable bonds is 6. The summed E-state index contributed by atoms with van der Waals surface area (Å²) in [4.78, 5) is 17.5. The van der Waals surface area contributed by atoms with Crippen LogP contribution in [-0.2, 0) is 17.5 Å². The Balaban J connectivity index is 1.79. The highest BCUT2D eigenvalue weighted by molar-refractivity contribution is 5.92. The van der Waals surface area contributed by atoms with Gasteiger partial charge in [-0.05, 0) is 31.3 Å². The molecule has 2 aromatic rings. The highest BCUT2D eigenvalue weighted by Crippen LogP contribution is 2.29. The molecule has 0 aliphatic rings. The van der Waals surface area contributed by atoms with Gasteiger partial charge in [0.25, 0.3) is 0 Å². The number of halogens is 3. The van der Waals surface area contributed by atoms with Gasteiger partial charge in [-0.3, -0.25) is 14.4 Å². The summed E-state index contributed by atoms with van der Waals surface area (Å²) in [5.74, 6) is -0.300. The van der Waals surface area contributed by atoms with Gasteiger partial charge < -0.3 is 5.32 Å². The fourth-order valence-corrected chi connectivity index (χ4v) is 1.89. The van der Waals surface area contributed by atoms with Crippen LogP contribution < -0.4 is 5.32 Å². The second-order valence-corrected chi connectivity index (χ2v) is 5.02. The van der Waals surface area contributed by atoms with Gasteiger partial charge >= 0.3 is 6.18 Å². The summed E-state index contributed by atoms with van der Waals surface area (Å²) in [5, 5.41) is 6.51. The second kappa shape index (κ2) is 7.23. The van der Waals surface area contributed by atoms with E-state index in [1.807, 2.05) is 0 Å². The van der Waals surface area contributed by atoms with E-state index in [1.54, 1.807) is 23.0 Å². The van der Waals surface area contributed by atoms with Gasteiger partial charge in [0.05, 0.1) is 18.7 Å². The van der Waals surface area contributed by atoms with Crippen LogP contribution in [0.4, 0.5) is 18.9 Å². The van der Waals surface area contributed by atoms with Gasteiger partial charge in [0, 0.05) is 12.2 Å². The van der Waals surface area contributed by atoms with Gasteiger partial charge in [0.1, 0.15) is 12.7 Å². The van der Waals surface area contributed by atoms with Crippen LogP contribution in [0.3, 0.4) is 0 Å². The van der Waals surface area contributed by atoms with E-state index in [9.17, 15) is 18.0 Å². The minimum absolute atomic E-state index is 0.121. The number of aromatic nitrogens is 3. The van der Waals surface area contributed by atoms with E-state index in [1.165, 1.54) is 18.5 Å². The third kappa shape index (κ3) is 5.37. The van der Waals surface area contributed by atoms with Gasteiger partial charge in [-0.2, -0.15) is 18.3 Å². The predicted octanol–water partition coefficient (Wildman–Crippen LogP) is 1.87. The average molecular weight is 327 g/mol. The zero-order chi connectivity index (χ0) is 16.9. The number of nitrogens with one attached hydrogen (secondary N) is 1. The number of benzene rings is 1. The molecule has 124 valence electrons. The molecule has 9 heteroatoms. The Morgan fingerprint density at radius 2 is 2.00 bits per heavy atom. The van der Waals surface area contributed by atoms with E-state index in [4.69, 9.17) is 0 Å². The summed E-state index contributed by atoms with van der Waals surface area (Å²) in [6.45, 7) is 1.30. The quantitative estimate of drug-likeness (QED) is 0.880. The molecule has 1 aromatic heterocycles. The lowest BCUT2D eigenvalue weighted by Crippen LogP contribution is -2.32. The van der Waals surface area contributed by atoms with Crippen molar-refractivity contribution < 1.29 is 18.0 Å². The minimum atomic E-state index is -4.38. The zero-order valence-corrected chi connectivity index (χ0v) is 12.4. The normalized spacial score (nSPS) is 11.7. The highest BCUT2D eigenvalue weighted by atomic mass is 19.4.